The smallest absolute Gasteiger partial charge is 0.234 e. The summed E-state index contributed by atoms with van der Waals surface area (Å²) in [4.78, 5) is 30.2. The number of aromatic amines is 1. The van der Waals surface area contributed by atoms with Crippen LogP contribution in [0.25, 0.3) is 0 Å². The lowest BCUT2D eigenvalue weighted by Gasteiger charge is -2.27. The lowest BCUT2D eigenvalue weighted by molar-refractivity contribution is -0.139. The molecule has 3 aliphatic heterocycles. The molecule has 2 bridgehead atoms. The van der Waals surface area contributed by atoms with Crippen molar-refractivity contribution in [2.45, 2.75) is 24.5 Å². The molecule has 0 aliphatic carbocycles. The van der Waals surface area contributed by atoms with Crippen LogP contribution in [0.4, 0.5) is 5.69 Å². The van der Waals surface area contributed by atoms with Gasteiger partial charge in [-0.15, -0.1) is 0 Å². The van der Waals surface area contributed by atoms with E-state index in [0.717, 1.165) is 16.8 Å². The monoisotopic (exact) mass is 422 g/mol. The molecule has 2 aromatic rings. The molecule has 4 heterocycles. The summed E-state index contributed by atoms with van der Waals surface area (Å²) in [7, 11) is 1.78. The Morgan fingerprint density at radius 1 is 1.32 bits per heavy atom. The molecule has 162 valence electrons. The molecule has 1 spiro atoms. The van der Waals surface area contributed by atoms with E-state index in [-0.39, 0.29) is 24.5 Å². The highest BCUT2D eigenvalue weighted by Gasteiger charge is 2.67. The van der Waals surface area contributed by atoms with Gasteiger partial charge in [0.2, 0.25) is 11.8 Å². The number of carbonyl (C=O) groups excluding carboxylic acids is 2. The zero-order chi connectivity index (χ0) is 21.6. The minimum absolute atomic E-state index is 0.0572. The summed E-state index contributed by atoms with van der Waals surface area (Å²) in [5.41, 5.74) is 2.10. The van der Waals surface area contributed by atoms with Crippen LogP contribution in [0.3, 0.4) is 0 Å². The molecule has 1 aromatic heterocycles. The van der Waals surface area contributed by atoms with Crippen LogP contribution in [0.1, 0.15) is 11.1 Å². The number of carbonyl (C=O) groups is 2. The van der Waals surface area contributed by atoms with Gasteiger partial charge in [-0.25, -0.2) is 0 Å². The van der Waals surface area contributed by atoms with Crippen LogP contribution < -0.4 is 4.90 Å². The van der Waals surface area contributed by atoms with Crippen LogP contribution >= 0.6 is 0 Å². The van der Waals surface area contributed by atoms with E-state index in [1.54, 1.807) is 23.0 Å². The lowest BCUT2D eigenvalue weighted by Crippen LogP contribution is -2.45. The zero-order valence-electron chi connectivity index (χ0n) is 17.4. The molecule has 31 heavy (non-hydrogen) atoms. The van der Waals surface area contributed by atoms with Crippen molar-refractivity contribution < 1.29 is 19.4 Å². The number of H-pyrrole nitrogens is 1. The first-order valence-electron chi connectivity index (χ1n) is 10.6. The number of ether oxygens (including phenoxy) is 1. The Balaban J connectivity index is 1.34. The lowest BCUT2D eigenvalue weighted by atomic mass is 9.76. The molecule has 5 rings (SSSR count). The summed E-state index contributed by atoms with van der Waals surface area (Å²) < 4.78 is 6.23. The topological polar surface area (TPSA) is 98.8 Å². The van der Waals surface area contributed by atoms with Gasteiger partial charge in [-0.05, 0) is 36.1 Å². The first-order chi connectivity index (χ1) is 15.0. The van der Waals surface area contributed by atoms with Crippen molar-refractivity contribution in [2.24, 2.45) is 11.8 Å². The van der Waals surface area contributed by atoms with Crippen molar-refractivity contribution in [3.05, 3.63) is 59.9 Å². The van der Waals surface area contributed by atoms with Crippen molar-refractivity contribution in [1.82, 2.24) is 15.1 Å². The normalized spacial score (nSPS) is 28.4. The number of aromatic nitrogens is 2. The number of aliphatic hydroxyl groups is 1. The molecule has 2 N–H and O–H groups in total. The van der Waals surface area contributed by atoms with Crippen molar-refractivity contribution in [3.63, 3.8) is 0 Å². The molecule has 0 radical (unpaired) electrons. The minimum atomic E-state index is -0.739. The van der Waals surface area contributed by atoms with E-state index in [1.165, 1.54) is 0 Å². The average molecular weight is 422 g/mol. The van der Waals surface area contributed by atoms with Crippen molar-refractivity contribution in [1.29, 1.82) is 0 Å². The molecule has 0 unspecified atom stereocenters. The fraction of sp³-hybridized carbons (Fsp3) is 0.435. The molecule has 2 fully saturated rings. The summed E-state index contributed by atoms with van der Waals surface area (Å²) in [6.45, 7) is 1.05. The number of hydrogen-bond acceptors (Lipinski definition) is 5. The predicted molar refractivity (Wildman–Crippen MR) is 113 cm³/mol. The van der Waals surface area contributed by atoms with Crippen LogP contribution in [0.5, 0.6) is 0 Å². The van der Waals surface area contributed by atoms with Gasteiger partial charge in [-0.3, -0.25) is 14.7 Å². The third-order valence-corrected chi connectivity index (χ3v) is 6.70. The first-order valence-corrected chi connectivity index (χ1v) is 10.6. The van der Waals surface area contributed by atoms with Crippen molar-refractivity contribution in [2.75, 3.05) is 31.6 Å². The van der Waals surface area contributed by atoms with E-state index in [1.807, 2.05) is 42.6 Å². The van der Waals surface area contributed by atoms with E-state index in [4.69, 9.17) is 9.84 Å². The van der Waals surface area contributed by atoms with Crippen LogP contribution in [-0.2, 0) is 27.2 Å². The number of anilines is 1. The zero-order valence-corrected chi connectivity index (χ0v) is 17.4. The second-order valence-corrected chi connectivity index (χ2v) is 8.58. The number of benzene rings is 1. The second-order valence-electron chi connectivity index (χ2n) is 8.58. The molecule has 1 aromatic carbocycles. The van der Waals surface area contributed by atoms with Crippen molar-refractivity contribution >= 4 is 17.5 Å². The Kier molecular flexibility index (Phi) is 4.91. The fourth-order valence-corrected chi connectivity index (χ4v) is 5.05. The van der Waals surface area contributed by atoms with Gasteiger partial charge in [-0.1, -0.05) is 24.3 Å². The van der Waals surface area contributed by atoms with Crippen LogP contribution in [0.2, 0.25) is 0 Å². The maximum absolute atomic E-state index is 13.5. The number of rotatable bonds is 7. The highest BCUT2D eigenvalue weighted by molar-refractivity contribution is 6.03. The van der Waals surface area contributed by atoms with Gasteiger partial charge in [-0.2, -0.15) is 5.10 Å². The standard InChI is InChI=1S/C23H26N4O4/c1-26(10-7-16-12-24-25-13-16)21(29)19-18-6-9-23(31-18)14-27(22(30)20(19)23)17-4-2-15(3-5-17)8-11-28/h2-6,9,12-13,18-20,28H,7-8,10-11,14H2,1H3,(H,24,25)/t18-,19+,20+,23-/m0/s1. The quantitative estimate of drug-likeness (QED) is 0.647. The van der Waals surface area contributed by atoms with Gasteiger partial charge in [0.15, 0.2) is 0 Å². The molecule has 4 atom stereocenters. The van der Waals surface area contributed by atoms with Gasteiger partial charge in [0.1, 0.15) is 5.60 Å². The maximum atomic E-state index is 13.5. The van der Waals surface area contributed by atoms with Gasteiger partial charge < -0.3 is 19.6 Å². The Bertz CT molecular complexity index is 1000. The summed E-state index contributed by atoms with van der Waals surface area (Å²) in [6.07, 6.45) is 8.40. The second kappa shape index (κ2) is 7.62. The number of aliphatic hydroxyl groups excluding tert-OH is 1. The van der Waals surface area contributed by atoms with E-state index >= 15 is 0 Å². The predicted octanol–water partition coefficient (Wildman–Crippen LogP) is 0.932. The molecule has 3 aliphatic rings. The summed E-state index contributed by atoms with van der Waals surface area (Å²) >= 11 is 0. The third-order valence-electron chi connectivity index (χ3n) is 6.70. The number of hydrogen-bond donors (Lipinski definition) is 2. The summed E-state index contributed by atoms with van der Waals surface area (Å²) in [5, 5.41) is 15.8. The average Bonchev–Trinajstić information content (AvgIpc) is 3.55. The minimum Gasteiger partial charge on any atom is -0.396 e. The highest BCUT2D eigenvalue weighted by atomic mass is 16.5. The largest absolute Gasteiger partial charge is 0.396 e. The highest BCUT2D eigenvalue weighted by Crippen LogP contribution is 2.53. The molecule has 8 heteroatoms. The molecular weight excluding hydrogens is 396 g/mol. The van der Waals surface area contributed by atoms with Gasteiger partial charge in [0.05, 0.1) is 30.7 Å². The van der Waals surface area contributed by atoms with Gasteiger partial charge >= 0.3 is 0 Å². The summed E-state index contributed by atoms with van der Waals surface area (Å²) in [6, 6.07) is 7.63. The van der Waals surface area contributed by atoms with Crippen molar-refractivity contribution in [3.8, 4) is 0 Å². The molecule has 2 amide bonds. The number of nitrogens with zero attached hydrogens (tertiary/aromatic N) is 3. The van der Waals surface area contributed by atoms with E-state index in [2.05, 4.69) is 10.2 Å². The number of likely N-dealkylation sites (N-methyl/N-ethyl adjacent to an activating group) is 1. The van der Waals surface area contributed by atoms with Crippen LogP contribution in [-0.4, -0.2) is 70.5 Å². The SMILES string of the molecule is CN(CCc1cn[nH]c1)C(=O)[C@@H]1[C@@H]2C=C[C@@]3(CN(c4ccc(CCO)cc4)C(=O)[C@@H]13)O2. The Morgan fingerprint density at radius 3 is 2.84 bits per heavy atom. The van der Waals surface area contributed by atoms with E-state index in [9.17, 15) is 9.59 Å². The van der Waals surface area contributed by atoms with Crippen LogP contribution in [0, 0.1) is 11.8 Å². The molecule has 2 saturated heterocycles. The fourth-order valence-electron chi connectivity index (χ4n) is 5.05. The van der Waals surface area contributed by atoms with Crippen LogP contribution in [0.15, 0.2) is 48.8 Å². The third kappa shape index (κ3) is 3.26. The number of nitrogens with one attached hydrogen (secondary N) is 1. The first kappa shape index (κ1) is 20.0. The molecular formula is C23H26N4O4. The molecule has 8 nitrogen and oxygen atoms in total. The van der Waals surface area contributed by atoms with Gasteiger partial charge in [0.25, 0.3) is 0 Å². The Labute approximate surface area is 180 Å². The van der Waals surface area contributed by atoms with Gasteiger partial charge in [0, 0.05) is 32.1 Å². The Hall–Kier alpha value is -2.97. The number of amides is 2. The molecule has 0 saturated carbocycles. The Morgan fingerprint density at radius 2 is 2.13 bits per heavy atom. The van der Waals surface area contributed by atoms with E-state index in [0.29, 0.717) is 25.9 Å². The number of fused-ring (bicyclic) bond motifs is 1. The van der Waals surface area contributed by atoms with E-state index < -0.39 is 17.4 Å². The maximum Gasteiger partial charge on any atom is 0.234 e. The summed E-state index contributed by atoms with van der Waals surface area (Å²) in [5.74, 6) is -1.14.